The molecule has 0 spiro atoms. The van der Waals surface area contributed by atoms with Crippen molar-refractivity contribution in [2.45, 2.75) is 93.3 Å². The second kappa shape index (κ2) is 12.0. The van der Waals surface area contributed by atoms with Gasteiger partial charge < -0.3 is 9.47 Å². The van der Waals surface area contributed by atoms with Gasteiger partial charge in [0.15, 0.2) is 11.2 Å². The first-order valence-corrected chi connectivity index (χ1v) is 10.4. The van der Waals surface area contributed by atoms with E-state index in [0.29, 0.717) is 13.2 Å². The largest absolute Gasteiger partial charge is 0.373 e. The average molecular weight is 435 g/mol. The molecule has 0 heterocycles. The molecule has 0 rings (SSSR count). The van der Waals surface area contributed by atoms with E-state index in [1.807, 2.05) is 0 Å². The Kier molecular flexibility index (Phi) is 11.5. The van der Waals surface area contributed by atoms with Gasteiger partial charge in [-0.1, -0.05) is 41.5 Å². The van der Waals surface area contributed by atoms with Crippen LogP contribution in [0.4, 0.5) is 0 Å². The Morgan fingerprint density at radius 3 is 1.10 bits per heavy atom. The van der Waals surface area contributed by atoms with Crippen LogP contribution in [0.5, 0.6) is 0 Å². The van der Waals surface area contributed by atoms with E-state index >= 15 is 0 Å². The van der Waals surface area contributed by atoms with Gasteiger partial charge in [0.05, 0.1) is 26.4 Å². The molecule has 8 heteroatoms. The van der Waals surface area contributed by atoms with E-state index in [4.69, 9.17) is 29.0 Å². The zero-order valence-corrected chi connectivity index (χ0v) is 20.5. The first-order chi connectivity index (χ1) is 13.5. The van der Waals surface area contributed by atoms with E-state index in [9.17, 15) is 9.59 Å². The second-order valence-corrected chi connectivity index (χ2v) is 10.7. The van der Waals surface area contributed by atoms with Crippen LogP contribution in [0.1, 0.15) is 82.1 Å². The molecule has 0 aliphatic rings. The Balaban J connectivity index is 4.18. The van der Waals surface area contributed by atoms with E-state index in [1.165, 1.54) is 0 Å². The predicted octanol–water partition coefficient (Wildman–Crippen LogP) is 4.40. The number of hydrogen-bond donors (Lipinski definition) is 0. The number of rotatable bonds is 13. The molecule has 0 amide bonds. The first kappa shape index (κ1) is 28.8. The highest BCUT2D eigenvalue weighted by Crippen LogP contribution is 2.20. The smallest absolute Gasteiger partial charge is 0.361 e. The summed E-state index contributed by atoms with van der Waals surface area (Å²) in [5.41, 5.74) is -2.26. The van der Waals surface area contributed by atoms with Gasteiger partial charge in [-0.3, -0.25) is 9.78 Å². The normalized spacial score (nSPS) is 13.3. The predicted molar refractivity (Wildman–Crippen MR) is 112 cm³/mol. The molecular weight excluding hydrogens is 392 g/mol. The molecule has 0 aliphatic heterocycles. The fourth-order valence-corrected chi connectivity index (χ4v) is 1.80. The molecule has 0 aromatic carbocycles. The van der Waals surface area contributed by atoms with Crippen LogP contribution in [0.3, 0.4) is 0 Å². The molecule has 0 fully saturated rings. The molecule has 0 aliphatic carbocycles. The first-order valence-electron chi connectivity index (χ1n) is 10.4. The van der Waals surface area contributed by atoms with Crippen LogP contribution in [0, 0.1) is 10.8 Å². The van der Waals surface area contributed by atoms with Crippen molar-refractivity contribution in [2.24, 2.45) is 10.8 Å². The Morgan fingerprint density at radius 2 is 0.833 bits per heavy atom. The lowest BCUT2D eigenvalue weighted by Crippen LogP contribution is -2.40. The quantitative estimate of drug-likeness (QED) is 0.239. The lowest BCUT2D eigenvalue weighted by Gasteiger charge is -2.25. The molecule has 0 bridgehead atoms. The van der Waals surface area contributed by atoms with Crippen molar-refractivity contribution in [2.75, 3.05) is 26.4 Å². The van der Waals surface area contributed by atoms with Gasteiger partial charge >= 0.3 is 11.9 Å². The van der Waals surface area contributed by atoms with Crippen LogP contribution in [-0.2, 0) is 38.6 Å². The van der Waals surface area contributed by atoms with Crippen molar-refractivity contribution in [3.63, 3.8) is 0 Å². The van der Waals surface area contributed by atoms with Gasteiger partial charge in [-0.05, 0) is 51.4 Å². The molecule has 30 heavy (non-hydrogen) atoms. The second-order valence-electron chi connectivity index (χ2n) is 10.7. The maximum absolute atomic E-state index is 12.1. The minimum atomic E-state index is -1.22. The Bertz CT molecular complexity index is 478. The number of hydrogen-bond acceptors (Lipinski definition) is 8. The molecular formula is C22H42O8. The van der Waals surface area contributed by atoms with E-state index < -0.39 is 23.1 Å². The van der Waals surface area contributed by atoms with Crippen molar-refractivity contribution in [1.29, 1.82) is 0 Å². The maximum atomic E-state index is 12.1. The summed E-state index contributed by atoms with van der Waals surface area (Å²) in [6.07, 6.45) is 1.50. The number of ether oxygens (including phenoxy) is 2. The number of carbonyl (C=O) groups excluding carboxylic acids is 2. The van der Waals surface area contributed by atoms with Crippen LogP contribution >= 0.6 is 0 Å². The van der Waals surface area contributed by atoms with Gasteiger partial charge in [-0.25, -0.2) is 9.59 Å². The molecule has 0 aromatic rings. The van der Waals surface area contributed by atoms with Crippen LogP contribution in [0.25, 0.3) is 0 Å². The van der Waals surface area contributed by atoms with Crippen molar-refractivity contribution < 1.29 is 38.6 Å². The average Bonchev–Trinajstić information content (AvgIpc) is 2.57. The third kappa shape index (κ3) is 13.9. The minimum absolute atomic E-state index is 0.0751. The van der Waals surface area contributed by atoms with Gasteiger partial charge in [0.1, 0.15) is 0 Å². The standard InChI is InChI=1S/C22H42O8/c1-19(2,3)11-13-27-29-17(23)21(7,8)25-15-16-26-22(9,10)18(24)30-28-14-12-20(4,5)6/h11-16H2,1-10H3. The lowest BCUT2D eigenvalue weighted by atomic mass is 9.93. The minimum Gasteiger partial charge on any atom is -0.361 e. The monoisotopic (exact) mass is 434 g/mol. The summed E-state index contributed by atoms with van der Waals surface area (Å²) < 4.78 is 11.1. The zero-order chi connectivity index (χ0) is 23.6. The summed E-state index contributed by atoms with van der Waals surface area (Å²) in [5, 5.41) is 0. The molecule has 8 nitrogen and oxygen atoms in total. The molecule has 0 radical (unpaired) electrons. The zero-order valence-electron chi connectivity index (χ0n) is 20.5. The van der Waals surface area contributed by atoms with Gasteiger partial charge in [0.2, 0.25) is 0 Å². The summed E-state index contributed by atoms with van der Waals surface area (Å²) in [6, 6.07) is 0. The van der Waals surface area contributed by atoms with E-state index in [0.717, 1.165) is 12.8 Å². The summed E-state index contributed by atoms with van der Waals surface area (Å²) in [7, 11) is 0. The molecule has 0 N–H and O–H groups in total. The highest BCUT2D eigenvalue weighted by atomic mass is 17.2. The van der Waals surface area contributed by atoms with Crippen molar-refractivity contribution in [3.8, 4) is 0 Å². The molecule has 0 atom stereocenters. The van der Waals surface area contributed by atoms with Crippen LogP contribution in [-0.4, -0.2) is 49.6 Å². The van der Waals surface area contributed by atoms with Crippen molar-refractivity contribution >= 4 is 11.9 Å². The van der Waals surface area contributed by atoms with Crippen LogP contribution in [0.2, 0.25) is 0 Å². The van der Waals surface area contributed by atoms with E-state index in [-0.39, 0.29) is 24.0 Å². The molecule has 0 aromatic heterocycles. The molecule has 0 unspecified atom stereocenters. The highest BCUT2D eigenvalue weighted by Gasteiger charge is 2.34. The topological polar surface area (TPSA) is 89.5 Å². The van der Waals surface area contributed by atoms with Crippen LogP contribution in [0.15, 0.2) is 0 Å². The summed E-state index contributed by atoms with van der Waals surface area (Å²) in [4.78, 5) is 43.8. The fourth-order valence-electron chi connectivity index (χ4n) is 1.80. The highest BCUT2D eigenvalue weighted by molar-refractivity contribution is 5.78. The van der Waals surface area contributed by atoms with Gasteiger partial charge in [-0.15, -0.1) is 0 Å². The maximum Gasteiger partial charge on any atom is 0.373 e. The van der Waals surface area contributed by atoms with E-state index in [1.54, 1.807) is 27.7 Å². The van der Waals surface area contributed by atoms with Crippen molar-refractivity contribution in [1.82, 2.24) is 0 Å². The third-order valence-corrected chi connectivity index (χ3v) is 4.13. The summed E-state index contributed by atoms with van der Waals surface area (Å²) in [5.74, 6) is -1.27. The Hall–Kier alpha value is -1.22. The van der Waals surface area contributed by atoms with Crippen LogP contribution < -0.4 is 0 Å². The Morgan fingerprint density at radius 1 is 0.533 bits per heavy atom. The summed E-state index contributed by atoms with van der Waals surface area (Å²) in [6.45, 7) is 19.5. The Labute approximate surface area is 181 Å². The molecule has 0 saturated carbocycles. The fraction of sp³-hybridized carbons (Fsp3) is 0.909. The van der Waals surface area contributed by atoms with Gasteiger partial charge in [-0.2, -0.15) is 9.78 Å². The van der Waals surface area contributed by atoms with Crippen molar-refractivity contribution in [3.05, 3.63) is 0 Å². The van der Waals surface area contributed by atoms with E-state index in [2.05, 4.69) is 41.5 Å². The molecule has 178 valence electrons. The summed E-state index contributed by atoms with van der Waals surface area (Å²) >= 11 is 0. The third-order valence-electron chi connectivity index (χ3n) is 4.13. The SMILES string of the molecule is CC(C)(C)CCOOC(=O)C(C)(C)OCCOC(C)(C)C(=O)OOCCC(C)(C)C. The molecule has 0 saturated heterocycles. The lowest BCUT2D eigenvalue weighted by molar-refractivity contribution is -0.291. The van der Waals surface area contributed by atoms with Gasteiger partial charge in [0.25, 0.3) is 0 Å². The number of carbonyl (C=O) groups is 2. The van der Waals surface area contributed by atoms with Gasteiger partial charge in [0, 0.05) is 0 Å².